The van der Waals surface area contributed by atoms with Crippen LogP contribution in [0.4, 0.5) is 0 Å². The maximum atomic E-state index is 15.1. The summed E-state index contributed by atoms with van der Waals surface area (Å²) in [7, 11) is -3.58. The highest BCUT2D eigenvalue weighted by Crippen LogP contribution is 2.78. The van der Waals surface area contributed by atoms with E-state index in [1.807, 2.05) is 42.5 Å². The van der Waals surface area contributed by atoms with E-state index in [0.29, 0.717) is 24.9 Å². The van der Waals surface area contributed by atoms with E-state index in [1.165, 1.54) is 25.5 Å². The molecule has 0 amide bonds. The van der Waals surface area contributed by atoms with Crippen molar-refractivity contribution < 1.29 is 23.4 Å². The molecule has 0 aromatic heterocycles. The van der Waals surface area contributed by atoms with Gasteiger partial charge in [0.15, 0.2) is 5.78 Å². The Morgan fingerprint density at radius 3 is 2.00 bits per heavy atom. The summed E-state index contributed by atoms with van der Waals surface area (Å²) in [6.07, 6.45) is 20.4. The zero-order valence-electron chi connectivity index (χ0n) is 32.5. The van der Waals surface area contributed by atoms with Crippen LogP contribution < -0.4 is 0 Å². The second-order valence-corrected chi connectivity index (χ2v) is 22.5. The topological polar surface area (TPSA) is 94.9 Å². The second-order valence-electron chi connectivity index (χ2n) is 20.5. The van der Waals surface area contributed by atoms with Gasteiger partial charge >= 0.3 is 0 Å². The Hall–Kier alpha value is -2.58. The molecule has 7 heteroatoms. The van der Waals surface area contributed by atoms with Crippen molar-refractivity contribution in [2.75, 3.05) is 19.3 Å². The van der Waals surface area contributed by atoms with Crippen molar-refractivity contribution in [2.24, 2.45) is 56.7 Å². The molecule has 6 nitrogen and oxygen atoms in total. The van der Waals surface area contributed by atoms with Gasteiger partial charge in [0.1, 0.15) is 0 Å². The van der Waals surface area contributed by atoms with E-state index in [2.05, 4.69) is 44.2 Å². The van der Waals surface area contributed by atoms with E-state index >= 15 is 4.79 Å². The van der Waals surface area contributed by atoms with Crippen LogP contribution >= 0.6 is 0 Å². The average Bonchev–Trinajstić information content (AvgIpc) is 3.40. The van der Waals surface area contributed by atoms with Gasteiger partial charge in [-0.15, -0.1) is 0 Å². The van der Waals surface area contributed by atoms with Crippen LogP contribution in [-0.4, -0.2) is 59.8 Å². The van der Waals surface area contributed by atoms with Gasteiger partial charge in [-0.1, -0.05) is 86.7 Å². The molecule has 8 unspecified atom stereocenters. The maximum absolute atomic E-state index is 15.1. The monoisotopic (exact) mass is 749 g/mol. The predicted molar refractivity (Wildman–Crippen MR) is 212 cm³/mol. The Kier molecular flexibility index (Phi) is 7.78. The average molecular weight is 750 g/mol. The Bertz CT molecular complexity index is 2000. The molecule has 2 N–H and O–H groups in total. The van der Waals surface area contributed by atoms with E-state index in [0.717, 1.165) is 85.8 Å². The smallest absolute Gasteiger partial charge is 0.211 e. The zero-order valence-corrected chi connectivity index (χ0v) is 33.3. The van der Waals surface area contributed by atoms with Gasteiger partial charge in [-0.2, -0.15) is 4.31 Å². The van der Waals surface area contributed by atoms with E-state index in [-0.39, 0.29) is 35.0 Å². The summed E-state index contributed by atoms with van der Waals surface area (Å²) in [5.74, 6) is 2.38. The summed E-state index contributed by atoms with van der Waals surface area (Å²) in [6.45, 7) is 5.30. The van der Waals surface area contributed by atoms with Gasteiger partial charge < -0.3 is 10.2 Å². The molecule has 0 aliphatic heterocycles. The fourth-order valence-corrected chi connectivity index (χ4v) is 16.6. The molecule has 288 valence electrons. The first kappa shape index (κ1) is 35.8. The van der Waals surface area contributed by atoms with E-state index in [9.17, 15) is 18.6 Å². The van der Waals surface area contributed by atoms with Gasteiger partial charge in [0.25, 0.3) is 0 Å². The lowest BCUT2D eigenvalue weighted by molar-refractivity contribution is -0.175. The van der Waals surface area contributed by atoms with Crippen LogP contribution in [0.2, 0.25) is 0 Å². The van der Waals surface area contributed by atoms with Gasteiger partial charge in [-0.3, -0.25) is 4.79 Å². The molecule has 8 atom stereocenters. The molecule has 0 radical (unpaired) electrons. The summed E-state index contributed by atoms with van der Waals surface area (Å²) >= 11 is 0. The number of fused-ring (bicyclic) bond motifs is 1. The van der Waals surface area contributed by atoms with Crippen molar-refractivity contribution in [3.8, 4) is 11.1 Å². The van der Waals surface area contributed by atoms with Crippen LogP contribution in [0.1, 0.15) is 108 Å². The van der Waals surface area contributed by atoms with Crippen molar-refractivity contribution in [2.45, 2.75) is 109 Å². The van der Waals surface area contributed by atoms with Crippen LogP contribution in [0.15, 0.2) is 78.4 Å². The van der Waals surface area contributed by atoms with Gasteiger partial charge in [0.2, 0.25) is 10.0 Å². The zero-order chi connectivity index (χ0) is 37.5. The molecule has 12 rings (SSSR count). The highest BCUT2D eigenvalue weighted by molar-refractivity contribution is 7.88. The van der Waals surface area contributed by atoms with Crippen molar-refractivity contribution in [1.29, 1.82) is 0 Å². The molecule has 0 saturated heterocycles. The van der Waals surface area contributed by atoms with Crippen molar-refractivity contribution in [3.05, 3.63) is 84.0 Å². The first-order chi connectivity index (χ1) is 25.6. The van der Waals surface area contributed by atoms with Crippen molar-refractivity contribution in [3.63, 3.8) is 0 Å². The van der Waals surface area contributed by atoms with Gasteiger partial charge in [0.05, 0.1) is 18.0 Å². The minimum Gasteiger partial charge on any atom is -0.393 e. The summed E-state index contributed by atoms with van der Waals surface area (Å²) in [5, 5.41) is 24.3. The largest absolute Gasteiger partial charge is 0.393 e. The van der Waals surface area contributed by atoms with E-state index < -0.39 is 38.0 Å². The Balaban J connectivity index is 1.02. The quantitative estimate of drug-likeness (QED) is 0.208. The maximum Gasteiger partial charge on any atom is 0.211 e. The molecule has 2 spiro atoms. The molecular weight excluding hydrogens is 691 g/mol. The molecule has 7 saturated carbocycles. The molecule has 2 aromatic carbocycles. The number of Topliss-reactive ketones (excluding diaryl/α,β-unsaturated/α-hetero) is 1. The molecule has 2 aromatic rings. The first-order valence-electron chi connectivity index (χ1n) is 21.1. The molecule has 6 bridgehead atoms. The summed E-state index contributed by atoms with van der Waals surface area (Å²) in [6, 6.07) is 18.3. The SMILES string of the molecule is CC12CCC(O)CC13C=CC1(C(C(=O)c4ccc(-c5ccccc5)cc4)=C3)C2CCC2(C)C1CCC2(O)CN(CC12CC3CC(CC(C3)C1)C2)S(C)(=O)=O. The van der Waals surface area contributed by atoms with E-state index in [4.69, 9.17) is 0 Å². The lowest BCUT2D eigenvalue weighted by Crippen LogP contribution is -2.67. The number of hydrogen-bond donors (Lipinski definition) is 2. The predicted octanol–water partition coefficient (Wildman–Crippen LogP) is 8.61. The number of carbonyl (C=O) groups excluding carboxylic acids is 1. The first-order valence-corrected chi connectivity index (χ1v) is 23.0. The highest BCUT2D eigenvalue weighted by Gasteiger charge is 2.74. The molecule has 10 aliphatic rings. The number of nitrogens with zero attached hydrogens (tertiary/aromatic N) is 1. The summed E-state index contributed by atoms with van der Waals surface area (Å²) < 4.78 is 29.3. The molecule has 10 aliphatic carbocycles. The van der Waals surface area contributed by atoms with Crippen LogP contribution in [0, 0.1) is 56.7 Å². The third-order valence-corrected chi connectivity index (χ3v) is 19.0. The molecule has 54 heavy (non-hydrogen) atoms. The van der Waals surface area contributed by atoms with Gasteiger partial charge in [0, 0.05) is 40.5 Å². The Morgan fingerprint density at radius 2 is 1.35 bits per heavy atom. The fourth-order valence-electron chi connectivity index (χ4n) is 15.6. The third-order valence-electron chi connectivity index (χ3n) is 17.8. The molecule has 7 fully saturated rings. The highest BCUT2D eigenvalue weighted by atomic mass is 32.2. The molecular formula is C47H59NO5S. The number of hydrogen-bond acceptors (Lipinski definition) is 5. The number of sulfonamides is 1. The van der Waals surface area contributed by atoms with Gasteiger partial charge in [-0.25, -0.2) is 8.42 Å². The normalized spacial score (nSPS) is 45.6. The number of aliphatic hydroxyl groups is 2. The number of rotatable bonds is 8. The Morgan fingerprint density at radius 1 is 0.759 bits per heavy atom. The van der Waals surface area contributed by atoms with Crippen molar-refractivity contribution >= 4 is 15.8 Å². The number of ketones is 1. The van der Waals surface area contributed by atoms with Crippen LogP contribution in [0.25, 0.3) is 11.1 Å². The van der Waals surface area contributed by atoms with Crippen LogP contribution in [0.5, 0.6) is 0 Å². The second kappa shape index (κ2) is 11.7. The number of benzene rings is 2. The number of aliphatic hydroxyl groups excluding tert-OH is 1. The van der Waals surface area contributed by atoms with Crippen LogP contribution in [-0.2, 0) is 10.0 Å². The molecule has 0 heterocycles. The minimum absolute atomic E-state index is 0.0215. The summed E-state index contributed by atoms with van der Waals surface area (Å²) in [5.41, 5.74) is 0.808. The fraction of sp³-hybridized carbons (Fsp3) is 0.638. The third kappa shape index (κ3) is 4.92. The van der Waals surface area contributed by atoms with Gasteiger partial charge in [-0.05, 0) is 135 Å². The number of carbonyl (C=O) groups is 1. The standard InChI is InChI=1S/C47H59NO5S/c1-42-16-13-37(49)27-45(42)19-20-47(38(28-45)41(50)36-11-9-35(10-12-36)34-7-5-4-6-8-34)39(42)14-17-43(2)40(47)15-18-46(43,51)30-48(54(3,52)53)29-44-24-31-21-32(25-44)23-33(22-31)26-44/h4-12,19-20,28,31-33,37,39-40,49,51H,13-18,21-27,29-30H2,1-3H3. The van der Waals surface area contributed by atoms with Crippen molar-refractivity contribution in [1.82, 2.24) is 4.31 Å². The minimum atomic E-state index is -3.58. The Labute approximate surface area is 322 Å². The van der Waals surface area contributed by atoms with E-state index in [1.54, 1.807) is 4.31 Å². The lowest BCUT2D eigenvalue weighted by atomic mass is 9.32. The lowest BCUT2D eigenvalue weighted by Gasteiger charge is -2.71. The van der Waals surface area contributed by atoms with Crippen LogP contribution in [0.3, 0.4) is 0 Å². The summed E-state index contributed by atoms with van der Waals surface area (Å²) in [4.78, 5) is 15.1. The number of allylic oxidation sites excluding steroid dienone is 4.